The second-order valence-corrected chi connectivity index (χ2v) is 7.48. The summed E-state index contributed by atoms with van der Waals surface area (Å²) in [5.74, 6) is 1.36. The summed E-state index contributed by atoms with van der Waals surface area (Å²) < 4.78 is 0. The van der Waals surface area contributed by atoms with Crippen molar-refractivity contribution < 1.29 is 4.79 Å². The van der Waals surface area contributed by atoms with Crippen molar-refractivity contribution in [1.29, 1.82) is 0 Å². The molecule has 1 saturated carbocycles. The Morgan fingerprint density at radius 3 is 2.26 bits per heavy atom. The van der Waals surface area contributed by atoms with Gasteiger partial charge < -0.3 is 15.1 Å². The van der Waals surface area contributed by atoms with Gasteiger partial charge in [0, 0.05) is 38.3 Å². The predicted octanol–water partition coefficient (Wildman–Crippen LogP) is 3.32. The summed E-state index contributed by atoms with van der Waals surface area (Å²) in [5.41, 5.74) is 1.95. The molecule has 1 N–H and O–H groups in total. The highest BCUT2D eigenvalue weighted by Gasteiger charge is 2.20. The van der Waals surface area contributed by atoms with Crippen LogP contribution in [0.15, 0.2) is 42.7 Å². The molecule has 2 aliphatic rings. The van der Waals surface area contributed by atoms with Crippen LogP contribution in [-0.2, 0) is 4.79 Å². The normalized spacial score (nSPS) is 17.9. The Balaban J connectivity index is 1.28. The number of carbonyl (C=O) groups is 1. The zero-order valence-corrected chi connectivity index (χ0v) is 15.7. The Morgan fingerprint density at radius 1 is 0.963 bits per heavy atom. The van der Waals surface area contributed by atoms with Crippen LogP contribution in [0.1, 0.15) is 32.1 Å². The average molecular weight is 365 g/mol. The van der Waals surface area contributed by atoms with E-state index in [9.17, 15) is 4.79 Å². The van der Waals surface area contributed by atoms with Crippen LogP contribution in [0.3, 0.4) is 0 Å². The number of aromatic nitrogens is 2. The fourth-order valence-electron chi connectivity index (χ4n) is 4.04. The van der Waals surface area contributed by atoms with E-state index in [1.54, 1.807) is 12.4 Å². The molecule has 1 aromatic carbocycles. The minimum absolute atomic E-state index is 0.0784. The summed E-state index contributed by atoms with van der Waals surface area (Å²) in [7, 11) is 0. The van der Waals surface area contributed by atoms with Crippen LogP contribution in [0, 0.1) is 5.92 Å². The monoisotopic (exact) mass is 365 g/mol. The first-order chi connectivity index (χ1) is 13.3. The molecule has 142 valence electrons. The molecule has 0 atom stereocenters. The molecule has 1 amide bonds. The maximum absolute atomic E-state index is 12.1. The summed E-state index contributed by atoms with van der Waals surface area (Å²) in [6.07, 6.45) is 8.93. The minimum atomic E-state index is 0.0784. The number of anilines is 3. The molecule has 0 bridgehead atoms. The third-order valence-electron chi connectivity index (χ3n) is 5.55. The highest BCUT2D eigenvalue weighted by Crippen LogP contribution is 2.27. The van der Waals surface area contributed by atoms with Gasteiger partial charge in [0.15, 0.2) is 0 Å². The quantitative estimate of drug-likeness (QED) is 0.881. The third kappa shape index (κ3) is 4.56. The van der Waals surface area contributed by atoms with Crippen molar-refractivity contribution in [3.63, 3.8) is 0 Å². The van der Waals surface area contributed by atoms with E-state index in [-0.39, 0.29) is 5.91 Å². The fraction of sp³-hybridized carbons (Fsp3) is 0.476. The fourth-order valence-corrected chi connectivity index (χ4v) is 4.04. The van der Waals surface area contributed by atoms with Crippen molar-refractivity contribution in [1.82, 2.24) is 9.97 Å². The first-order valence-corrected chi connectivity index (χ1v) is 9.95. The van der Waals surface area contributed by atoms with Crippen molar-refractivity contribution in [2.24, 2.45) is 5.92 Å². The number of nitrogens with zero attached hydrogens (tertiary/aromatic N) is 4. The van der Waals surface area contributed by atoms with E-state index in [1.807, 2.05) is 6.07 Å². The highest BCUT2D eigenvalue weighted by molar-refractivity contribution is 5.90. The molecule has 1 aliphatic heterocycles. The van der Waals surface area contributed by atoms with Crippen LogP contribution in [0.25, 0.3) is 0 Å². The molecule has 2 aromatic rings. The number of para-hydroxylation sites is 1. The summed E-state index contributed by atoms with van der Waals surface area (Å²) in [6, 6.07) is 10.5. The van der Waals surface area contributed by atoms with Crippen LogP contribution in [-0.4, -0.2) is 42.1 Å². The smallest absolute Gasteiger partial charge is 0.225 e. The number of hydrogen-bond acceptors (Lipinski definition) is 5. The topological polar surface area (TPSA) is 61.4 Å². The van der Waals surface area contributed by atoms with Gasteiger partial charge >= 0.3 is 0 Å². The van der Waals surface area contributed by atoms with E-state index >= 15 is 0 Å². The van der Waals surface area contributed by atoms with Crippen molar-refractivity contribution in [2.75, 3.05) is 41.3 Å². The molecule has 1 aromatic heterocycles. The first kappa shape index (κ1) is 17.8. The Morgan fingerprint density at radius 2 is 1.59 bits per heavy atom. The van der Waals surface area contributed by atoms with Gasteiger partial charge in [-0.05, 0) is 30.9 Å². The van der Waals surface area contributed by atoms with Gasteiger partial charge in [-0.2, -0.15) is 0 Å². The predicted molar refractivity (Wildman–Crippen MR) is 108 cm³/mol. The largest absolute Gasteiger partial charge is 0.368 e. The standard InChI is InChI=1S/C21H27N5O/c27-20(14-17-6-4-5-7-17)24-18-15-22-21(23-16-18)26-12-10-25(11-13-26)19-8-2-1-3-9-19/h1-3,8-9,15-17H,4-7,10-14H2,(H,24,27). The van der Waals surface area contributed by atoms with Gasteiger partial charge in [-0.3, -0.25) is 4.79 Å². The molecule has 1 saturated heterocycles. The van der Waals surface area contributed by atoms with E-state index in [1.165, 1.54) is 31.4 Å². The number of carbonyl (C=O) groups excluding carboxylic acids is 1. The van der Waals surface area contributed by atoms with E-state index < -0.39 is 0 Å². The number of amides is 1. The van der Waals surface area contributed by atoms with Gasteiger partial charge in [-0.1, -0.05) is 31.0 Å². The molecule has 6 heteroatoms. The molecule has 1 aliphatic carbocycles. The summed E-state index contributed by atoms with van der Waals surface area (Å²) in [5, 5.41) is 2.94. The summed E-state index contributed by atoms with van der Waals surface area (Å²) in [6.45, 7) is 3.69. The molecule has 4 rings (SSSR count). The number of benzene rings is 1. The molecule has 27 heavy (non-hydrogen) atoms. The lowest BCUT2D eigenvalue weighted by Gasteiger charge is -2.36. The molecule has 2 fully saturated rings. The lowest BCUT2D eigenvalue weighted by Crippen LogP contribution is -2.47. The maximum Gasteiger partial charge on any atom is 0.225 e. The van der Waals surface area contributed by atoms with Crippen LogP contribution in [0.4, 0.5) is 17.3 Å². The molecule has 0 unspecified atom stereocenters. The first-order valence-electron chi connectivity index (χ1n) is 9.95. The second-order valence-electron chi connectivity index (χ2n) is 7.48. The van der Waals surface area contributed by atoms with Gasteiger partial charge in [0.2, 0.25) is 11.9 Å². The van der Waals surface area contributed by atoms with Crippen LogP contribution < -0.4 is 15.1 Å². The van der Waals surface area contributed by atoms with Gasteiger partial charge in [0.1, 0.15) is 0 Å². The number of nitrogens with one attached hydrogen (secondary N) is 1. The van der Waals surface area contributed by atoms with E-state index in [2.05, 4.69) is 49.4 Å². The highest BCUT2D eigenvalue weighted by atomic mass is 16.1. The summed E-state index contributed by atoms with van der Waals surface area (Å²) >= 11 is 0. The third-order valence-corrected chi connectivity index (χ3v) is 5.55. The van der Waals surface area contributed by atoms with Crippen molar-refractivity contribution in [2.45, 2.75) is 32.1 Å². The second kappa shape index (κ2) is 8.37. The molecule has 6 nitrogen and oxygen atoms in total. The minimum Gasteiger partial charge on any atom is -0.368 e. The van der Waals surface area contributed by atoms with E-state index in [0.717, 1.165) is 32.1 Å². The van der Waals surface area contributed by atoms with Gasteiger partial charge in [-0.15, -0.1) is 0 Å². The maximum atomic E-state index is 12.1. The van der Waals surface area contributed by atoms with Crippen LogP contribution >= 0.6 is 0 Å². The van der Waals surface area contributed by atoms with Crippen molar-refractivity contribution >= 4 is 23.2 Å². The lowest BCUT2D eigenvalue weighted by atomic mass is 10.0. The zero-order chi connectivity index (χ0) is 18.5. The average Bonchev–Trinajstić information content (AvgIpc) is 3.22. The SMILES string of the molecule is O=C(CC1CCCC1)Nc1cnc(N2CCN(c3ccccc3)CC2)nc1. The van der Waals surface area contributed by atoms with Crippen molar-refractivity contribution in [3.05, 3.63) is 42.7 Å². The number of hydrogen-bond donors (Lipinski definition) is 1. The summed E-state index contributed by atoms with van der Waals surface area (Å²) in [4.78, 5) is 25.7. The van der Waals surface area contributed by atoms with E-state index in [0.29, 0.717) is 18.0 Å². The Hall–Kier alpha value is -2.63. The molecular weight excluding hydrogens is 338 g/mol. The Labute approximate surface area is 160 Å². The van der Waals surface area contributed by atoms with Gasteiger partial charge in [0.25, 0.3) is 0 Å². The van der Waals surface area contributed by atoms with Gasteiger partial charge in [-0.25, -0.2) is 9.97 Å². The Bertz CT molecular complexity index is 735. The molecule has 0 spiro atoms. The molecule has 0 radical (unpaired) electrons. The Kier molecular flexibility index (Phi) is 5.51. The van der Waals surface area contributed by atoms with Crippen LogP contribution in [0.2, 0.25) is 0 Å². The number of rotatable bonds is 5. The zero-order valence-electron chi connectivity index (χ0n) is 15.7. The lowest BCUT2D eigenvalue weighted by molar-refractivity contribution is -0.117. The van der Waals surface area contributed by atoms with Crippen LogP contribution in [0.5, 0.6) is 0 Å². The van der Waals surface area contributed by atoms with Gasteiger partial charge in [0.05, 0.1) is 18.1 Å². The molecule has 2 heterocycles. The molecular formula is C21H27N5O. The van der Waals surface area contributed by atoms with Crippen molar-refractivity contribution in [3.8, 4) is 0 Å². The number of piperazine rings is 1. The van der Waals surface area contributed by atoms with E-state index in [4.69, 9.17) is 0 Å².